The van der Waals surface area contributed by atoms with E-state index >= 15 is 0 Å². The number of alkyl halides is 2. The largest absolute Gasteiger partial charge is 0.364 e. The summed E-state index contributed by atoms with van der Waals surface area (Å²) in [5.41, 5.74) is 7.03. The summed E-state index contributed by atoms with van der Waals surface area (Å²) in [6, 6.07) is 3.38. The number of aromatic nitrogens is 1. The van der Waals surface area contributed by atoms with E-state index in [4.69, 9.17) is 17.3 Å². The van der Waals surface area contributed by atoms with Crippen molar-refractivity contribution in [3.05, 3.63) is 23.0 Å². The number of rotatable bonds is 2. The SMILES string of the molecule is NC1(c2nc(Cl)ccc2N2CCC(F)(F)C2)CC1. The van der Waals surface area contributed by atoms with E-state index in [0.717, 1.165) is 12.8 Å². The Morgan fingerprint density at radius 3 is 2.56 bits per heavy atom. The van der Waals surface area contributed by atoms with E-state index in [-0.39, 0.29) is 13.0 Å². The van der Waals surface area contributed by atoms with Gasteiger partial charge in [-0.3, -0.25) is 0 Å². The Bertz CT molecular complexity index is 488. The second kappa shape index (κ2) is 3.78. The van der Waals surface area contributed by atoms with E-state index in [0.29, 0.717) is 23.1 Å². The van der Waals surface area contributed by atoms with E-state index in [1.807, 2.05) is 0 Å². The van der Waals surface area contributed by atoms with Crippen LogP contribution < -0.4 is 10.6 Å². The zero-order chi connectivity index (χ0) is 13.0. The van der Waals surface area contributed by atoms with Gasteiger partial charge in [0.05, 0.1) is 23.5 Å². The first-order valence-electron chi connectivity index (χ1n) is 5.98. The number of halogens is 3. The molecule has 1 saturated heterocycles. The highest BCUT2D eigenvalue weighted by Gasteiger charge is 2.46. The summed E-state index contributed by atoms with van der Waals surface area (Å²) in [6.07, 6.45) is 1.54. The average Bonchev–Trinajstić information content (AvgIpc) is 2.94. The molecule has 1 aromatic rings. The van der Waals surface area contributed by atoms with Gasteiger partial charge in [0.25, 0.3) is 5.92 Å². The van der Waals surface area contributed by atoms with Crippen molar-refractivity contribution < 1.29 is 8.78 Å². The third-order valence-corrected chi connectivity index (χ3v) is 3.82. The molecule has 2 fully saturated rings. The van der Waals surface area contributed by atoms with Gasteiger partial charge in [-0.2, -0.15) is 0 Å². The number of pyridine rings is 1. The molecule has 0 spiro atoms. The van der Waals surface area contributed by atoms with Gasteiger partial charge < -0.3 is 10.6 Å². The summed E-state index contributed by atoms with van der Waals surface area (Å²) in [4.78, 5) is 5.91. The molecule has 1 aliphatic carbocycles. The van der Waals surface area contributed by atoms with Crippen LogP contribution in [0.25, 0.3) is 0 Å². The monoisotopic (exact) mass is 273 g/mol. The summed E-state index contributed by atoms with van der Waals surface area (Å²) in [5.74, 6) is -2.62. The molecule has 0 amide bonds. The van der Waals surface area contributed by atoms with Crippen LogP contribution in [0.2, 0.25) is 5.15 Å². The van der Waals surface area contributed by atoms with Crippen LogP contribution in [-0.4, -0.2) is 24.0 Å². The van der Waals surface area contributed by atoms with Crippen molar-refractivity contribution in [3.63, 3.8) is 0 Å². The molecule has 0 bridgehead atoms. The third kappa shape index (κ3) is 2.06. The van der Waals surface area contributed by atoms with Crippen molar-refractivity contribution in [1.29, 1.82) is 0 Å². The fourth-order valence-electron chi connectivity index (χ4n) is 2.36. The zero-order valence-electron chi connectivity index (χ0n) is 9.80. The van der Waals surface area contributed by atoms with Crippen LogP contribution in [0.4, 0.5) is 14.5 Å². The Morgan fingerprint density at radius 2 is 2.00 bits per heavy atom. The molecule has 0 unspecified atom stereocenters. The average molecular weight is 274 g/mol. The maximum absolute atomic E-state index is 13.3. The highest BCUT2D eigenvalue weighted by atomic mass is 35.5. The standard InChI is InChI=1S/C12H14ClF2N3/c13-9-2-1-8(10(17-9)11(16)3-4-11)18-6-5-12(14,15)7-18/h1-2H,3-7,16H2. The normalized spacial score (nSPS) is 24.3. The minimum atomic E-state index is -2.62. The van der Waals surface area contributed by atoms with Gasteiger partial charge in [0.15, 0.2) is 0 Å². The maximum Gasteiger partial charge on any atom is 0.266 e. The van der Waals surface area contributed by atoms with Gasteiger partial charge in [-0.25, -0.2) is 13.8 Å². The van der Waals surface area contributed by atoms with Crippen molar-refractivity contribution in [2.24, 2.45) is 5.73 Å². The number of nitrogens with zero attached hydrogens (tertiary/aromatic N) is 2. The van der Waals surface area contributed by atoms with Crippen molar-refractivity contribution >= 4 is 17.3 Å². The molecular formula is C12H14ClF2N3. The van der Waals surface area contributed by atoms with Crippen LogP contribution >= 0.6 is 11.6 Å². The Hall–Kier alpha value is -0.940. The summed E-state index contributed by atoms with van der Waals surface area (Å²) in [5, 5.41) is 0.358. The van der Waals surface area contributed by atoms with Gasteiger partial charge in [0, 0.05) is 13.0 Å². The van der Waals surface area contributed by atoms with Gasteiger partial charge in [-0.05, 0) is 25.0 Å². The first kappa shape index (κ1) is 12.1. The molecule has 3 rings (SSSR count). The fraction of sp³-hybridized carbons (Fsp3) is 0.583. The van der Waals surface area contributed by atoms with Crippen molar-refractivity contribution in [3.8, 4) is 0 Å². The Kier molecular flexibility index (Phi) is 2.54. The quantitative estimate of drug-likeness (QED) is 0.842. The van der Waals surface area contributed by atoms with E-state index in [9.17, 15) is 8.78 Å². The maximum atomic E-state index is 13.3. The lowest BCUT2D eigenvalue weighted by molar-refractivity contribution is 0.0257. The second-order valence-electron chi connectivity index (χ2n) is 5.19. The van der Waals surface area contributed by atoms with Crippen molar-refractivity contribution in [1.82, 2.24) is 4.98 Å². The van der Waals surface area contributed by atoms with Gasteiger partial charge >= 0.3 is 0 Å². The Labute approximate surface area is 109 Å². The predicted octanol–water partition coefficient (Wildman–Crippen LogP) is 2.53. The molecule has 0 atom stereocenters. The van der Waals surface area contributed by atoms with E-state index in [2.05, 4.69) is 4.98 Å². The molecular weight excluding hydrogens is 260 g/mol. The van der Waals surface area contributed by atoms with E-state index in [1.165, 1.54) is 0 Å². The number of anilines is 1. The first-order chi connectivity index (χ1) is 8.40. The van der Waals surface area contributed by atoms with E-state index < -0.39 is 11.5 Å². The molecule has 1 aliphatic heterocycles. The fourth-order valence-corrected chi connectivity index (χ4v) is 2.51. The second-order valence-corrected chi connectivity index (χ2v) is 5.57. The van der Waals surface area contributed by atoms with Gasteiger partial charge in [0.1, 0.15) is 5.15 Å². The van der Waals surface area contributed by atoms with Gasteiger partial charge in [-0.15, -0.1) is 0 Å². The molecule has 18 heavy (non-hydrogen) atoms. The summed E-state index contributed by atoms with van der Waals surface area (Å²) >= 11 is 5.88. The first-order valence-corrected chi connectivity index (χ1v) is 6.36. The lowest BCUT2D eigenvalue weighted by Crippen LogP contribution is -2.29. The molecule has 0 aromatic carbocycles. The number of nitrogens with two attached hydrogens (primary N) is 1. The van der Waals surface area contributed by atoms with Gasteiger partial charge in [-0.1, -0.05) is 11.6 Å². The topological polar surface area (TPSA) is 42.1 Å². The minimum absolute atomic E-state index is 0.118. The minimum Gasteiger partial charge on any atom is -0.364 e. The molecule has 1 aromatic heterocycles. The molecule has 1 saturated carbocycles. The predicted molar refractivity (Wildman–Crippen MR) is 66.1 cm³/mol. The summed E-state index contributed by atoms with van der Waals surface area (Å²) < 4.78 is 26.6. The van der Waals surface area contributed by atoms with Crippen LogP contribution in [0.5, 0.6) is 0 Å². The molecule has 2 N–H and O–H groups in total. The Balaban J connectivity index is 1.97. The highest BCUT2D eigenvalue weighted by Crippen LogP contribution is 2.47. The van der Waals surface area contributed by atoms with Crippen LogP contribution in [-0.2, 0) is 5.54 Å². The van der Waals surface area contributed by atoms with Crippen molar-refractivity contribution in [2.45, 2.75) is 30.7 Å². The number of hydrogen-bond donors (Lipinski definition) is 1. The van der Waals surface area contributed by atoms with Crippen LogP contribution in [0.15, 0.2) is 12.1 Å². The molecule has 2 heterocycles. The van der Waals surface area contributed by atoms with Crippen molar-refractivity contribution in [2.75, 3.05) is 18.0 Å². The van der Waals surface area contributed by atoms with E-state index in [1.54, 1.807) is 17.0 Å². The molecule has 2 aliphatic rings. The number of hydrogen-bond acceptors (Lipinski definition) is 3. The third-order valence-electron chi connectivity index (χ3n) is 3.61. The lowest BCUT2D eigenvalue weighted by atomic mass is 10.1. The van der Waals surface area contributed by atoms with Gasteiger partial charge in [0.2, 0.25) is 0 Å². The molecule has 0 radical (unpaired) electrons. The van der Waals surface area contributed by atoms with Crippen LogP contribution in [0, 0.1) is 0 Å². The summed E-state index contributed by atoms with van der Waals surface area (Å²) in [7, 11) is 0. The molecule has 6 heteroatoms. The lowest BCUT2D eigenvalue weighted by Gasteiger charge is -2.23. The molecule has 3 nitrogen and oxygen atoms in total. The highest BCUT2D eigenvalue weighted by molar-refractivity contribution is 6.29. The smallest absolute Gasteiger partial charge is 0.266 e. The Morgan fingerprint density at radius 1 is 1.28 bits per heavy atom. The van der Waals surface area contributed by atoms with Crippen LogP contribution in [0.3, 0.4) is 0 Å². The molecule has 98 valence electrons. The van der Waals surface area contributed by atoms with Crippen LogP contribution in [0.1, 0.15) is 25.0 Å². The summed E-state index contributed by atoms with van der Waals surface area (Å²) in [6.45, 7) is 0.0682. The zero-order valence-corrected chi connectivity index (χ0v) is 10.6.